The van der Waals surface area contributed by atoms with Crippen LogP contribution in [0.1, 0.15) is 0 Å². The minimum absolute atomic E-state index is 0.145. The molecular weight excluding hydrogens is 281 g/mol. The lowest BCUT2D eigenvalue weighted by atomic mass is 9.99. The van der Waals surface area contributed by atoms with E-state index in [0.717, 1.165) is 18.1 Å². The van der Waals surface area contributed by atoms with Crippen LogP contribution < -0.4 is 10.3 Å². The van der Waals surface area contributed by atoms with Gasteiger partial charge in [0.05, 0.1) is 12.8 Å². The number of hydrazone groups is 1. The maximum Gasteiger partial charge on any atom is 0.355 e. The molecule has 2 aliphatic rings. The molecule has 0 saturated carbocycles. The van der Waals surface area contributed by atoms with Crippen LogP contribution in [0.3, 0.4) is 0 Å². The molecule has 1 fully saturated rings. The number of amides is 2. The molecule has 0 radical (unpaired) electrons. The van der Waals surface area contributed by atoms with Gasteiger partial charge in [-0.15, -0.1) is 0 Å². The van der Waals surface area contributed by atoms with Crippen LogP contribution >= 0.6 is 0 Å². The predicted octanol–water partition coefficient (Wildman–Crippen LogP) is -0.184. The number of halogens is 1. The van der Waals surface area contributed by atoms with Gasteiger partial charge < -0.3 is 4.74 Å². The smallest absolute Gasteiger partial charge is 0.355 e. The van der Waals surface area contributed by atoms with E-state index in [1.54, 1.807) is 0 Å². The van der Waals surface area contributed by atoms with Crippen LogP contribution in [0.5, 0.6) is 0 Å². The van der Waals surface area contributed by atoms with Gasteiger partial charge in [-0.05, 0) is 12.1 Å². The van der Waals surface area contributed by atoms with Gasteiger partial charge in [-0.1, -0.05) is 12.1 Å². The molecule has 2 atom stereocenters. The Morgan fingerprint density at radius 2 is 2.05 bits per heavy atom. The van der Waals surface area contributed by atoms with E-state index < -0.39 is 35.6 Å². The molecule has 2 heterocycles. The number of methoxy groups -OCH3 is 1. The van der Waals surface area contributed by atoms with Gasteiger partial charge in [0.2, 0.25) is 5.91 Å². The summed E-state index contributed by atoms with van der Waals surface area (Å²) in [5, 5.41) is 3.67. The van der Waals surface area contributed by atoms with E-state index in [-0.39, 0.29) is 11.4 Å². The maximum absolute atomic E-state index is 13.8. The lowest BCUT2D eigenvalue weighted by Gasteiger charge is -2.16. The molecule has 8 heteroatoms. The minimum atomic E-state index is -1.09. The van der Waals surface area contributed by atoms with Crippen molar-refractivity contribution < 1.29 is 23.5 Å². The molecule has 1 aromatic rings. The molecule has 0 aromatic heterocycles. The van der Waals surface area contributed by atoms with Crippen LogP contribution in [0.25, 0.3) is 0 Å². The van der Waals surface area contributed by atoms with Gasteiger partial charge in [-0.3, -0.25) is 15.0 Å². The number of rotatable bonds is 2. The molecule has 0 spiro atoms. The highest BCUT2D eigenvalue weighted by molar-refractivity contribution is 6.46. The quantitative estimate of drug-likeness (QED) is 0.603. The third-order valence-corrected chi connectivity index (χ3v) is 3.41. The van der Waals surface area contributed by atoms with Gasteiger partial charge in [0.15, 0.2) is 5.71 Å². The van der Waals surface area contributed by atoms with E-state index in [0.29, 0.717) is 0 Å². The molecule has 0 bridgehead atoms. The highest BCUT2D eigenvalue weighted by Crippen LogP contribution is 2.31. The number of benzene rings is 1. The second kappa shape index (κ2) is 4.65. The van der Waals surface area contributed by atoms with Crippen LogP contribution in [0.4, 0.5) is 10.1 Å². The maximum atomic E-state index is 13.8. The summed E-state index contributed by atoms with van der Waals surface area (Å²) in [6, 6.07) is 4.42. The van der Waals surface area contributed by atoms with Crippen molar-refractivity contribution in [2.75, 3.05) is 12.0 Å². The molecule has 0 unspecified atom stereocenters. The summed E-state index contributed by atoms with van der Waals surface area (Å²) in [6.07, 6.45) is 0. The van der Waals surface area contributed by atoms with Gasteiger partial charge in [0, 0.05) is 0 Å². The third kappa shape index (κ3) is 1.79. The van der Waals surface area contributed by atoms with Gasteiger partial charge in [-0.25, -0.2) is 14.1 Å². The summed E-state index contributed by atoms with van der Waals surface area (Å²) in [6.45, 7) is 0. The fourth-order valence-corrected chi connectivity index (χ4v) is 2.43. The number of carbonyl (C=O) groups is 3. The van der Waals surface area contributed by atoms with Crippen LogP contribution in [0.2, 0.25) is 0 Å². The number of imide groups is 1. The van der Waals surface area contributed by atoms with Gasteiger partial charge >= 0.3 is 5.97 Å². The first kappa shape index (κ1) is 13.2. The van der Waals surface area contributed by atoms with E-state index in [9.17, 15) is 18.8 Å². The van der Waals surface area contributed by atoms with Crippen molar-refractivity contribution in [2.24, 2.45) is 11.0 Å². The molecule has 0 aliphatic carbocycles. The number of nitrogens with zero attached hydrogens (tertiary/aromatic N) is 2. The summed E-state index contributed by atoms with van der Waals surface area (Å²) in [5.41, 5.74) is 2.11. The summed E-state index contributed by atoms with van der Waals surface area (Å²) in [7, 11) is 1.15. The van der Waals surface area contributed by atoms with Gasteiger partial charge in [0.25, 0.3) is 5.91 Å². The number of fused-ring (bicyclic) bond motifs is 1. The second-order valence-corrected chi connectivity index (χ2v) is 4.54. The summed E-state index contributed by atoms with van der Waals surface area (Å²) < 4.78 is 18.3. The summed E-state index contributed by atoms with van der Waals surface area (Å²) in [5.74, 6) is -3.95. The first-order valence-electron chi connectivity index (χ1n) is 6.10. The Labute approximate surface area is 118 Å². The van der Waals surface area contributed by atoms with Crippen molar-refractivity contribution in [3.8, 4) is 0 Å². The molecule has 21 heavy (non-hydrogen) atoms. The Morgan fingerprint density at radius 1 is 1.33 bits per heavy atom. The van der Waals surface area contributed by atoms with Crippen molar-refractivity contribution in [1.29, 1.82) is 0 Å². The number of carbonyl (C=O) groups excluding carboxylic acids is 3. The van der Waals surface area contributed by atoms with E-state index in [1.165, 1.54) is 18.2 Å². The molecule has 3 rings (SSSR count). The highest BCUT2D eigenvalue weighted by atomic mass is 19.1. The number of nitrogens with one attached hydrogen (secondary N) is 1. The Morgan fingerprint density at radius 3 is 2.71 bits per heavy atom. The van der Waals surface area contributed by atoms with E-state index >= 15 is 0 Å². The zero-order chi connectivity index (χ0) is 15.1. The zero-order valence-corrected chi connectivity index (χ0v) is 10.9. The summed E-state index contributed by atoms with van der Waals surface area (Å²) in [4.78, 5) is 36.9. The normalized spacial score (nSPS) is 23.7. The first-order chi connectivity index (χ1) is 10.1. The number of para-hydroxylation sites is 1. The van der Waals surface area contributed by atoms with E-state index in [4.69, 9.17) is 0 Å². The number of anilines is 1. The van der Waals surface area contributed by atoms with Gasteiger partial charge in [0.1, 0.15) is 17.8 Å². The fourth-order valence-electron chi connectivity index (χ4n) is 2.43. The molecule has 2 amide bonds. The van der Waals surface area contributed by atoms with Crippen LogP contribution in [-0.4, -0.2) is 36.6 Å². The van der Waals surface area contributed by atoms with Crippen molar-refractivity contribution in [2.45, 2.75) is 6.04 Å². The van der Waals surface area contributed by atoms with Crippen molar-refractivity contribution in [3.05, 3.63) is 30.1 Å². The molecule has 1 aromatic carbocycles. The highest BCUT2D eigenvalue weighted by Gasteiger charge is 2.56. The fraction of sp³-hybridized carbons (Fsp3) is 0.231. The number of hydrogen-bond acceptors (Lipinski definition) is 6. The second-order valence-electron chi connectivity index (χ2n) is 4.54. The SMILES string of the molecule is COC(=O)C1=NN[C@@H]2C(=O)N(c3ccccc3F)C(=O)[C@@H]12. The number of esters is 1. The molecule has 2 aliphatic heterocycles. The Bertz CT molecular complexity index is 688. The van der Waals surface area contributed by atoms with Gasteiger partial charge in [-0.2, -0.15) is 5.10 Å². The molecule has 1 saturated heterocycles. The molecular formula is C13H10FN3O4. The molecule has 1 N–H and O–H groups in total. The average Bonchev–Trinajstić information content (AvgIpc) is 3.01. The average molecular weight is 291 g/mol. The van der Waals surface area contributed by atoms with E-state index in [1.807, 2.05) is 0 Å². The Balaban J connectivity index is 2.00. The van der Waals surface area contributed by atoms with Crippen molar-refractivity contribution >= 4 is 29.2 Å². The number of ether oxygens (including phenoxy) is 1. The van der Waals surface area contributed by atoms with Crippen molar-refractivity contribution in [3.63, 3.8) is 0 Å². The Hall–Kier alpha value is -2.77. The van der Waals surface area contributed by atoms with Crippen molar-refractivity contribution in [1.82, 2.24) is 5.43 Å². The minimum Gasteiger partial charge on any atom is -0.464 e. The van der Waals surface area contributed by atoms with Crippen LogP contribution in [0, 0.1) is 11.7 Å². The first-order valence-corrected chi connectivity index (χ1v) is 6.10. The standard InChI is InChI=1S/C13H10FN3O4/c1-21-13(20)10-8-9(15-16-10)12(19)17(11(8)18)7-5-3-2-4-6(7)14/h2-5,8-9,15H,1H3/t8-,9+/m1/s1. The Kier molecular flexibility index (Phi) is 2.93. The van der Waals surface area contributed by atoms with E-state index in [2.05, 4.69) is 15.3 Å². The topological polar surface area (TPSA) is 88.1 Å². The van der Waals surface area contributed by atoms with Crippen LogP contribution in [-0.2, 0) is 19.1 Å². The largest absolute Gasteiger partial charge is 0.464 e. The zero-order valence-electron chi connectivity index (χ0n) is 10.9. The lowest BCUT2D eigenvalue weighted by Crippen LogP contribution is -2.36. The molecule has 7 nitrogen and oxygen atoms in total. The monoisotopic (exact) mass is 291 g/mol. The third-order valence-electron chi connectivity index (χ3n) is 3.41. The number of hydrogen-bond donors (Lipinski definition) is 1. The predicted molar refractivity (Wildman–Crippen MR) is 68.8 cm³/mol. The summed E-state index contributed by atoms with van der Waals surface area (Å²) >= 11 is 0. The molecule has 108 valence electrons. The van der Waals surface area contributed by atoms with Crippen LogP contribution in [0.15, 0.2) is 29.4 Å². The lowest BCUT2D eigenvalue weighted by molar-refractivity contribution is -0.133.